The van der Waals surface area contributed by atoms with Crippen LogP contribution in [-0.2, 0) is 21.4 Å². The van der Waals surface area contributed by atoms with Gasteiger partial charge in [0.25, 0.3) is 5.91 Å². The van der Waals surface area contributed by atoms with Crippen LogP contribution in [0.2, 0.25) is 0 Å². The van der Waals surface area contributed by atoms with Crippen molar-refractivity contribution in [3.05, 3.63) is 52.2 Å². The smallest absolute Gasteiger partial charge is 0.545 e. The van der Waals surface area contributed by atoms with Gasteiger partial charge in [0, 0.05) is 34.4 Å². The van der Waals surface area contributed by atoms with Crippen LogP contribution in [-0.4, -0.2) is 76.8 Å². The van der Waals surface area contributed by atoms with Gasteiger partial charge in [0.1, 0.15) is 16.7 Å². The second kappa shape index (κ2) is 14.9. The summed E-state index contributed by atoms with van der Waals surface area (Å²) in [6.45, 7) is 0. The second-order valence-electron chi connectivity index (χ2n) is 8.40. The fraction of sp³-hybridized carbons (Fsp3) is 0.273. The van der Waals surface area contributed by atoms with E-state index in [9.17, 15) is 29.4 Å². The number of aromatic carboxylic acids is 1. The number of thiazole rings is 1. The fourth-order valence-electron chi connectivity index (χ4n) is 4.04. The molecule has 4 heterocycles. The number of amides is 2. The van der Waals surface area contributed by atoms with Crippen LogP contribution in [0.5, 0.6) is 0 Å². The third kappa shape index (κ3) is 7.19. The minimum atomic E-state index is -1.50. The van der Waals surface area contributed by atoms with Gasteiger partial charge in [0.15, 0.2) is 5.13 Å². The molecule has 1 saturated heterocycles. The van der Waals surface area contributed by atoms with E-state index in [1.54, 1.807) is 18.5 Å². The Morgan fingerprint density at radius 3 is 2.57 bits per heavy atom. The first-order valence-electron chi connectivity index (χ1n) is 11.4. The van der Waals surface area contributed by atoms with Gasteiger partial charge in [-0.15, -0.1) is 40.0 Å². The first-order valence-corrected chi connectivity index (χ1v) is 15.2. The zero-order valence-electron chi connectivity index (χ0n) is 22.4. The van der Waals surface area contributed by atoms with Crippen LogP contribution in [0.25, 0.3) is 0 Å². The molecule has 2 aliphatic rings. The molecule has 42 heavy (non-hydrogen) atoms. The maximum absolute atomic E-state index is 13.5. The van der Waals surface area contributed by atoms with E-state index >= 15 is 0 Å². The first-order chi connectivity index (χ1) is 19.2. The van der Waals surface area contributed by atoms with Crippen LogP contribution in [0.4, 0.5) is 5.13 Å². The number of aliphatic carboxylic acids is 1. The Bertz CT molecular complexity index is 1550. The third-order valence-electron chi connectivity index (χ3n) is 5.89. The Hall–Kier alpha value is -1.61. The molecule has 2 amide bonds. The molecule has 0 spiro atoms. The van der Waals surface area contributed by atoms with E-state index in [1.165, 1.54) is 46.4 Å². The predicted octanol–water partition coefficient (Wildman–Crippen LogP) is -7.35. The maximum atomic E-state index is 13.5. The molecule has 0 saturated carbocycles. The van der Waals surface area contributed by atoms with Crippen molar-refractivity contribution in [2.45, 2.75) is 26.7 Å². The average molecular weight is 665 g/mol. The molecule has 2 aromatic heterocycles. The van der Waals surface area contributed by atoms with Gasteiger partial charge in [0.2, 0.25) is 11.1 Å². The monoisotopic (exact) mass is 664 g/mol. The molecular formula is C22H18N8Na2O6S4. The van der Waals surface area contributed by atoms with Gasteiger partial charge < -0.3 is 30.9 Å². The van der Waals surface area contributed by atoms with Gasteiger partial charge in [-0.3, -0.25) is 14.5 Å². The van der Waals surface area contributed by atoms with Crippen LogP contribution in [0.15, 0.2) is 51.0 Å². The zero-order chi connectivity index (χ0) is 28.6. The number of benzene rings is 1. The van der Waals surface area contributed by atoms with E-state index in [4.69, 9.17) is 5.73 Å². The number of nitrogens with two attached hydrogens (primary N) is 1. The van der Waals surface area contributed by atoms with E-state index in [2.05, 4.69) is 25.8 Å². The van der Waals surface area contributed by atoms with Crippen molar-refractivity contribution in [2.24, 2.45) is 7.05 Å². The quantitative estimate of drug-likeness (QED) is 0.117. The number of tetrazole rings is 1. The summed E-state index contributed by atoms with van der Waals surface area (Å²) < 4.78 is 1.44. The Morgan fingerprint density at radius 2 is 1.95 bits per heavy atom. The molecule has 3 atom stereocenters. The van der Waals surface area contributed by atoms with Gasteiger partial charge in [-0.25, -0.2) is 9.67 Å². The molecule has 1 aromatic carbocycles. The molecule has 3 N–H and O–H groups in total. The fourth-order valence-corrected chi connectivity index (χ4v) is 8.16. The number of aryl methyl sites for hydroxylation is 1. The summed E-state index contributed by atoms with van der Waals surface area (Å²) in [6.07, 6.45) is 0. The van der Waals surface area contributed by atoms with E-state index in [1.807, 2.05) is 0 Å². The average Bonchev–Trinajstić information content (AvgIpc) is 3.55. The number of thioether (sulfide) groups is 3. The molecule has 0 radical (unpaired) electrons. The largest absolute Gasteiger partial charge is 1.00 e. The number of carbonyl (C=O) groups excluding carboxylic acids is 4. The number of nitrogens with zero attached hydrogens (tertiary/aromatic N) is 6. The number of hydrogen-bond acceptors (Lipinski definition) is 15. The Balaban J connectivity index is 0.00000242. The van der Waals surface area contributed by atoms with Crippen LogP contribution in [0.1, 0.15) is 21.3 Å². The molecule has 1 fully saturated rings. The number of carboxylic acids is 2. The standard InChI is InChI=1S/C22H20N8O6S4.2Na/c1-29-22(26-27-28-29)39-7-9-6-37-18-13(17(32)30(18)14(9)20(35)36)25-16(31)15(11-8-38-21(23)24-11)40-12-5-3-2-4-10(12)19(33)34;;/h2-5,8,13,15,18H,6-7H2,1H3,(H2,23,24)(H,25,31)(H,33,34)(H,35,36);;/q;2*+1/p-2/t13?,15?,18-;;/m0../s1. The molecule has 5 rings (SSSR count). The van der Waals surface area contributed by atoms with E-state index in [0.29, 0.717) is 10.7 Å². The number of nitrogen functional groups attached to an aromatic ring is 1. The predicted molar refractivity (Wildman–Crippen MR) is 142 cm³/mol. The summed E-state index contributed by atoms with van der Waals surface area (Å²) in [5.41, 5.74) is 6.19. The van der Waals surface area contributed by atoms with Gasteiger partial charge >= 0.3 is 59.1 Å². The van der Waals surface area contributed by atoms with Crippen molar-refractivity contribution in [3.63, 3.8) is 0 Å². The molecule has 20 heteroatoms. The second-order valence-corrected chi connectivity index (χ2v) is 12.5. The maximum Gasteiger partial charge on any atom is 1.00 e. The van der Waals surface area contributed by atoms with Crippen LogP contribution < -0.4 is 80.4 Å². The van der Waals surface area contributed by atoms with Gasteiger partial charge in [-0.1, -0.05) is 30.0 Å². The molecule has 0 aliphatic carbocycles. The topological polar surface area (TPSA) is 212 Å². The molecule has 14 nitrogen and oxygen atoms in total. The number of rotatable bonds is 10. The normalized spacial score (nSPS) is 18.2. The molecule has 208 valence electrons. The summed E-state index contributed by atoms with van der Waals surface area (Å²) >= 11 is 4.56. The molecule has 2 aliphatic heterocycles. The molecule has 3 aromatic rings. The van der Waals surface area contributed by atoms with E-state index < -0.39 is 40.4 Å². The van der Waals surface area contributed by atoms with E-state index in [-0.39, 0.29) is 97.6 Å². The minimum Gasteiger partial charge on any atom is -0.545 e. The summed E-state index contributed by atoms with van der Waals surface area (Å²) in [7, 11) is 1.65. The number of carboxylic acid groups (broad SMARTS) is 2. The Morgan fingerprint density at radius 1 is 1.21 bits per heavy atom. The SMILES string of the molecule is Cn1nnnc1SCC1=C(C(=O)[O-])N2C(=O)C(NC(=O)C(Sc3ccccc3C(=O)[O-])c3csc(N)n3)[C@@H]2SC1.[Na+].[Na+]. The summed E-state index contributed by atoms with van der Waals surface area (Å²) in [5, 5.41) is 38.0. The van der Waals surface area contributed by atoms with Crippen molar-refractivity contribution in [3.8, 4) is 0 Å². The van der Waals surface area contributed by atoms with Gasteiger partial charge in [-0.2, -0.15) is 0 Å². The minimum absolute atomic E-state index is 0. The number of nitrogens with one attached hydrogen (secondary N) is 1. The van der Waals surface area contributed by atoms with Crippen molar-refractivity contribution >= 4 is 75.5 Å². The van der Waals surface area contributed by atoms with Crippen molar-refractivity contribution in [1.29, 1.82) is 0 Å². The molecule has 0 bridgehead atoms. The van der Waals surface area contributed by atoms with Crippen LogP contribution in [0.3, 0.4) is 0 Å². The zero-order valence-corrected chi connectivity index (χ0v) is 29.6. The number of anilines is 1. The number of carbonyl (C=O) groups is 4. The Labute approximate surface area is 299 Å². The number of β-lactam (4-membered cyclic amide) rings is 1. The molecule has 2 unspecified atom stereocenters. The summed E-state index contributed by atoms with van der Waals surface area (Å²) in [5.74, 6) is -3.63. The molecular weight excluding hydrogens is 647 g/mol. The summed E-state index contributed by atoms with van der Waals surface area (Å²) in [6, 6.07) is 5.03. The number of fused-ring (bicyclic) bond motifs is 1. The number of aromatic nitrogens is 5. The van der Waals surface area contributed by atoms with Gasteiger partial charge in [-0.05, 0) is 22.1 Å². The third-order valence-corrected chi connectivity index (χ3v) is 10.3. The van der Waals surface area contributed by atoms with Crippen molar-refractivity contribution < 1.29 is 88.5 Å². The van der Waals surface area contributed by atoms with E-state index in [0.717, 1.165) is 28.0 Å². The first kappa shape index (κ1) is 34.9. The van der Waals surface area contributed by atoms with Gasteiger partial charge in [0.05, 0.1) is 23.3 Å². The van der Waals surface area contributed by atoms with Crippen LogP contribution in [0, 0.1) is 0 Å². The number of hydrogen-bond donors (Lipinski definition) is 2. The summed E-state index contributed by atoms with van der Waals surface area (Å²) in [4.78, 5) is 55.9. The van der Waals surface area contributed by atoms with Crippen molar-refractivity contribution in [2.75, 3.05) is 17.2 Å². The van der Waals surface area contributed by atoms with Crippen LogP contribution >= 0.6 is 46.6 Å². The Kier molecular flexibility index (Phi) is 12.4. The van der Waals surface area contributed by atoms with Crippen molar-refractivity contribution in [1.82, 2.24) is 35.4 Å².